The van der Waals surface area contributed by atoms with E-state index < -0.39 is 23.8 Å². The highest BCUT2D eigenvalue weighted by Gasteiger charge is 2.42. The van der Waals surface area contributed by atoms with Crippen LogP contribution in [-0.4, -0.2) is 49.0 Å². The Morgan fingerprint density at radius 2 is 1.44 bits per heavy atom. The first-order chi connectivity index (χ1) is 16.6. The van der Waals surface area contributed by atoms with Gasteiger partial charge in [0.1, 0.15) is 18.4 Å². The summed E-state index contributed by atoms with van der Waals surface area (Å²) in [4.78, 5) is 40.5. The van der Waals surface area contributed by atoms with Crippen molar-refractivity contribution >= 4 is 17.7 Å². The fourth-order valence-corrected chi connectivity index (χ4v) is 3.88. The molecule has 1 heterocycles. The van der Waals surface area contributed by atoms with Crippen molar-refractivity contribution in [2.24, 2.45) is 0 Å². The predicted molar refractivity (Wildman–Crippen MR) is 127 cm³/mol. The molecule has 7 nitrogen and oxygen atoms in total. The lowest BCUT2D eigenvalue weighted by atomic mass is 10.0. The summed E-state index contributed by atoms with van der Waals surface area (Å²) in [6, 6.07) is 22.4. The van der Waals surface area contributed by atoms with Crippen LogP contribution in [0, 0.1) is 0 Å². The zero-order chi connectivity index (χ0) is 23.9. The molecule has 7 heteroatoms. The van der Waals surface area contributed by atoms with E-state index in [4.69, 9.17) is 9.47 Å². The van der Waals surface area contributed by atoms with E-state index >= 15 is 0 Å². The number of carbonyl (C=O) groups is 3. The molecule has 1 unspecified atom stereocenters. The smallest absolute Gasteiger partial charge is 0.262 e. The number of nitrogens with one attached hydrogen (secondary N) is 1. The van der Waals surface area contributed by atoms with Gasteiger partial charge in [-0.25, -0.2) is 0 Å². The van der Waals surface area contributed by atoms with Gasteiger partial charge in [-0.15, -0.1) is 0 Å². The zero-order valence-electron chi connectivity index (χ0n) is 18.9. The minimum Gasteiger partial charge on any atom is -0.491 e. The maximum absolute atomic E-state index is 13.3. The van der Waals surface area contributed by atoms with Crippen molar-refractivity contribution < 1.29 is 23.9 Å². The maximum atomic E-state index is 13.3. The Hall–Kier alpha value is -3.97. The van der Waals surface area contributed by atoms with E-state index in [9.17, 15) is 14.4 Å². The predicted octanol–water partition coefficient (Wildman–Crippen LogP) is 3.24. The van der Waals surface area contributed by atoms with Crippen LogP contribution in [0.4, 0.5) is 0 Å². The highest BCUT2D eigenvalue weighted by Crippen LogP contribution is 2.26. The normalized spacial score (nSPS) is 13.5. The largest absolute Gasteiger partial charge is 0.491 e. The summed E-state index contributed by atoms with van der Waals surface area (Å²) < 4.78 is 10.5. The quantitative estimate of drug-likeness (QED) is 0.373. The van der Waals surface area contributed by atoms with Crippen LogP contribution < -0.4 is 10.1 Å². The average Bonchev–Trinajstić information content (AvgIpc) is 3.12. The molecule has 0 spiro atoms. The second-order valence-corrected chi connectivity index (χ2v) is 7.93. The number of nitrogens with zero attached hydrogens (tertiary/aromatic N) is 1. The molecule has 4 rings (SSSR count). The lowest BCUT2D eigenvalue weighted by Gasteiger charge is -2.25. The molecule has 0 saturated carbocycles. The van der Waals surface area contributed by atoms with Crippen molar-refractivity contribution in [2.45, 2.75) is 19.0 Å². The van der Waals surface area contributed by atoms with E-state index in [1.807, 2.05) is 54.6 Å². The topological polar surface area (TPSA) is 84.9 Å². The molecule has 0 radical (unpaired) electrons. The van der Waals surface area contributed by atoms with Gasteiger partial charge in [-0.05, 0) is 35.4 Å². The van der Waals surface area contributed by atoms with E-state index in [0.29, 0.717) is 30.1 Å². The molecule has 3 aromatic rings. The molecule has 0 saturated heterocycles. The SMILES string of the molecule is COCCOc1ccc(CNC(=O)C(Cc2ccccc2)N2C(=O)c3ccccc3C2=O)cc1. The van der Waals surface area contributed by atoms with Crippen LogP contribution in [0.25, 0.3) is 0 Å². The van der Waals surface area contributed by atoms with E-state index in [0.717, 1.165) is 16.0 Å². The minimum absolute atomic E-state index is 0.227. The molecule has 34 heavy (non-hydrogen) atoms. The molecule has 3 amide bonds. The van der Waals surface area contributed by atoms with Gasteiger partial charge in [0.05, 0.1) is 17.7 Å². The van der Waals surface area contributed by atoms with Gasteiger partial charge in [0, 0.05) is 20.1 Å². The minimum atomic E-state index is -0.966. The van der Waals surface area contributed by atoms with Gasteiger partial charge < -0.3 is 14.8 Å². The lowest BCUT2D eigenvalue weighted by Crippen LogP contribution is -2.50. The lowest BCUT2D eigenvalue weighted by molar-refractivity contribution is -0.125. The number of benzene rings is 3. The Morgan fingerprint density at radius 3 is 2.06 bits per heavy atom. The second kappa shape index (κ2) is 10.8. The fourth-order valence-electron chi connectivity index (χ4n) is 3.88. The molecule has 1 aliphatic heterocycles. The summed E-state index contributed by atoms with van der Waals surface area (Å²) in [6.07, 6.45) is 0.227. The molecule has 0 bridgehead atoms. The van der Waals surface area contributed by atoms with Gasteiger partial charge in [0.2, 0.25) is 5.91 Å². The number of rotatable bonds is 10. The van der Waals surface area contributed by atoms with Crippen LogP contribution in [0.5, 0.6) is 5.75 Å². The van der Waals surface area contributed by atoms with E-state index in [1.165, 1.54) is 0 Å². The number of fused-ring (bicyclic) bond motifs is 1. The summed E-state index contributed by atoms with van der Waals surface area (Å²) in [5.74, 6) is -0.581. The average molecular weight is 459 g/mol. The third-order valence-electron chi connectivity index (χ3n) is 5.66. The summed E-state index contributed by atoms with van der Waals surface area (Å²) in [7, 11) is 1.61. The Bertz CT molecular complexity index is 1130. The van der Waals surface area contributed by atoms with Crippen LogP contribution in [0.15, 0.2) is 78.9 Å². The molecule has 1 N–H and O–H groups in total. The Balaban J connectivity index is 1.49. The van der Waals surface area contributed by atoms with E-state index in [1.54, 1.807) is 31.4 Å². The number of ether oxygens (including phenoxy) is 2. The number of hydrogen-bond donors (Lipinski definition) is 1. The van der Waals surface area contributed by atoms with Crippen molar-refractivity contribution in [3.05, 3.63) is 101 Å². The first-order valence-corrected chi connectivity index (χ1v) is 11.1. The summed E-state index contributed by atoms with van der Waals surface area (Å²) >= 11 is 0. The highest BCUT2D eigenvalue weighted by atomic mass is 16.5. The van der Waals surface area contributed by atoms with Gasteiger partial charge in [0.15, 0.2) is 0 Å². The molecule has 174 valence electrons. The first kappa shape index (κ1) is 23.2. The number of imide groups is 1. The second-order valence-electron chi connectivity index (χ2n) is 7.93. The molecule has 0 aliphatic carbocycles. The molecule has 0 aromatic heterocycles. The Kier molecular flexibility index (Phi) is 7.34. The van der Waals surface area contributed by atoms with Gasteiger partial charge in [-0.1, -0.05) is 54.6 Å². The first-order valence-electron chi connectivity index (χ1n) is 11.1. The summed E-state index contributed by atoms with van der Waals surface area (Å²) in [6.45, 7) is 1.21. The molecule has 0 fully saturated rings. The highest BCUT2D eigenvalue weighted by molar-refractivity contribution is 6.22. The molecule has 1 atom stereocenters. The molecular weight excluding hydrogens is 432 g/mol. The standard InChI is InChI=1S/C27H26N2O5/c1-33-15-16-34-21-13-11-20(12-14-21)18-28-25(30)24(17-19-7-3-2-4-8-19)29-26(31)22-9-5-6-10-23(22)27(29)32/h2-14,24H,15-18H2,1H3,(H,28,30). The molecular formula is C27H26N2O5. The van der Waals surface area contributed by atoms with Gasteiger partial charge in [-0.3, -0.25) is 19.3 Å². The third kappa shape index (κ3) is 5.15. The Labute approximate surface area is 198 Å². The van der Waals surface area contributed by atoms with Gasteiger partial charge in [-0.2, -0.15) is 0 Å². The number of amides is 3. The monoisotopic (exact) mass is 458 g/mol. The van der Waals surface area contributed by atoms with Crippen LogP contribution in [0.3, 0.4) is 0 Å². The van der Waals surface area contributed by atoms with Crippen LogP contribution >= 0.6 is 0 Å². The van der Waals surface area contributed by atoms with E-state index in [-0.39, 0.29) is 13.0 Å². The van der Waals surface area contributed by atoms with Crippen molar-refractivity contribution in [3.63, 3.8) is 0 Å². The van der Waals surface area contributed by atoms with E-state index in [2.05, 4.69) is 5.32 Å². The Morgan fingerprint density at radius 1 is 0.824 bits per heavy atom. The van der Waals surface area contributed by atoms with Gasteiger partial charge in [0.25, 0.3) is 11.8 Å². The number of carbonyl (C=O) groups excluding carboxylic acids is 3. The fraction of sp³-hybridized carbons (Fsp3) is 0.222. The number of methoxy groups -OCH3 is 1. The molecule has 3 aromatic carbocycles. The van der Waals surface area contributed by atoms with Crippen LogP contribution in [0.2, 0.25) is 0 Å². The number of hydrogen-bond acceptors (Lipinski definition) is 5. The summed E-state index contributed by atoms with van der Waals surface area (Å²) in [5.41, 5.74) is 2.37. The zero-order valence-corrected chi connectivity index (χ0v) is 18.9. The van der Waals surface area contributed by atoms with Crippen LogP contribution in [0.1, 0.15) is 31.8 Å². The van der Waals surface area contributed by atoms with Crippen molar-refractivity contribution in [2.75, 3.05) is 20.3 Å². The summed E-state index contributed by atoms with van der Waals surface area (Å²) in [5, 5.41) is 2.89. The van der Waals surface area contributed by atoms with Crippen molar-refractivity contribution in [1.82, 2.24) is 10.2 Å². The maximum Gasteiger partial charge on any atom is 0.262 e. The third-order valence-corrected chi connectivity index (χ3v) is 5.66. The molecule has 1 aliphatic rings. The van der Waals surface area contributed by atoms with Crippen LogP contribution in [-0.2, 0) is 22.5 Å². The van der Waals surface area contributed by atoms with Crippen molar-refractivity contribution in [3.8, 4) is 5.75 Å². The van der Waals surface area contributed by atoms with Gasteiger partial charge >= 0.3 is 0 Å². The van der Waals surface area contributed by atoms with Crippen molar-refractivity contribution in [1.29, 1.82) is 0 Å².